The standard InChI is InChI=1S/C11H18N2O2/c1-4-9(12)5-6-10-7-15-11(14)13(10)8(2)3/h5-9H,4,12H2,1-3H3/b6-5-. The Morgan fingerprint density at radius 3 is 2.80 bits per heavy atom. The Hall–Kier alpha value is -1.29. The van der Waals surface area contributed by atoms with Crippen molar-refractivity contribution in [2.45, 2.75) is 39.3 Å². The molecular weight excluding hydrogens is 192 g/mol. The third-order valence-electron chi connectivity index (χ3n) is 2.26. The van der Waals surface area contributed by atoms with Gasteiger partial charge in [-0.15, -0.1) is 0 Å². The number of aromatic nitrogens is 1. The molecule has 0 saturated carbocycles. The Morgan fingerprint density at radius 1 is 1.60 bits per heavy atom. The van der Waals surface area contributed by atoms with Crippen LogP contribution in [0.1, 0.15) is 38.9 Å². The van der Waals surface area contributed by atoms with Gasteiger partial charge in [-0.2, -0.15) is 0 Å². The molecule has 0 amide bonds. The maximum atomic E-state index is 11.3. The van der Waals surface area contributed by atoms with Gasteiger partial charge in [0.25, 0.3) is 0 Å². The van der Waals surface area contributed by atoms with Gasteiger partial charge in [-0.25, -0.2) is 4.79 Å². The summed E-state index contributed by atoms with van der Waals surface area (Å²) < 4.78 is 6.43. The normalized spacial score (nSPS) is 13.9. The summed E-state index contributed by atoms with van der Waals surface area (Å²) in [6.45, 7) is 5.89. The summed E-state index contributed by atoms with van der Waals surface area (Å²) in [5.74, 6) is -0.324. The third-order valence-corrected chi connectivity index (χ3v) is 2.26. The summed E-state index contributed by atoms with van der Waals surface area (Å²) in [5, 5.41) is 0. The molecule has 0 saturated heterocycles. The molecule has 15 heavy (non-hydrogen) atoms. The van der Waals surface area contributed by atoms with E-state index in [4.69, 9.17) is 10.2 Å². The van der Waals surface area contributed by atoms with Crippen LogP contribution in [0.3, 0.4) is 0 Å². The lowest BCUT2D eigenvalue weighted by molar-refractivity contribution is 0.456. The van der Waals surface area contributed by atoms with Crippen molar-refractivity contribution < 1.29 is 4.42 Å². The molecule has 84 valence electrons. The van der Waals surface area contributed by atoms with Crippen molar-refractivity contribution in [2.75, 3.05) is 0 Å². The lowest BCUT2D eigenvalue weighted by atomic mass is 10.2. The minimum absolute atomic E-state index is 0.0237. The monoisotopic (exact) mass is 210 g/mol. The summed E-state index contributed by atoms with van der Waals surface area (Å²) in [7, 11) is 0. The summed E-state index contributed by atoms with van der Waals surface area (Å²) in [6, 6.07) is 0.115. The molecule has 0 aliphatic rings. The minimum Gasteiger partial charge on any atom is -0.416 e. The molecule has 4 nitrogen and oxygen atoms in total. The highest BCUT2D eigenvalue weighted by Crippen LogP contribution is 2.08. The highest BCUT2D eigenvalue weighted by molar-refractivity contribution is 5.44. The number of oxazole rings is 1. The smallest absolute Gasteiger partial charge is 0.416 e. The lowest BCUT2D eigenvalue weighted by Crippen LogP contribution is -2.18. The first kappa shape index (κ1) is 11.8. The second kappa shape index (κ2) is 4.98. The van der Waals surface area contributed by atoms with Crippen molar-refractivity contribution in [3.05, 3.63) is 28.6 Å². The molecule has 1 atom stereocenters. The van der Waals surface area contributed by atoms with Crippen molar-refractivity contribution in [1.82, 2.24) is 4.57 Å². The molecule has 4 heteroatoms. The van der Waals surface area contributed by atoms with E-state index in [2.05, 4.69) is 0 Å². The second-order valence-corrected chi connectivity index (χ2v) is 3.82. The molecule has 0 aliphatic heterocycles. The zero-order valence-corrected chi connectivity index (χ0v) is 9.43. The van der Waals surface area contributed by atoms with E-state index in [1.165, 1.54) is 6.26 Å². The molecule has 0 spiro atoms. The van der Waals surface area contributed by atoms with E-state index >= 15 is 0 Å². The highest BCUT2D eigenvalue weighted by atomic mass is 16.4. The zero-order valence-electron chi connectivity index (χ0n) is 9.43. The molecular formula is C11H18N2O2. The van der Waals surface area contributed by atoms with Crippen molar-refractivity contribution >= 4 is 6.08 Å². The van der Waals surface area contributed by atoms with Crippen LogP contribution in [0.5, 0.6) is 0 Å². The Bertz CT molecular complexity index is 388. The number of hydrogen-bond acceptors (Lipinski definition) is 3. The topological polar surface area (TPSA) is 61.2 Å². The Labute approximate surface area is 89.4 Å². The van der Waals surface area contributed by atoms with E-state index in [0.29, 0.717) is 0 Å². The van der Waals surface area contributed by atoms with Gasteiger partial charge >= 0.3 is 5.76 Å². The zero-order chi connectivity index (χ0) is 11.4. The number of rotatable bonds is 4. The van der Waals surface area contributed by atoms with Crippen LogP contribution in [0, 0.1) is 0 Å². The largest absolute Gasteiger partial charge is 0.419 e. The number of hydrogen-bond donors (Lipinski definition) is 1. The molecule has 2 N–H and O–H groups in total. The quantitative estimate of drug-likeness (QED) is 0.823. The summed E-state index contributed by atoms with van der Waals surface area (Å²) in [6.07, 6.45) is 6.05. The van der Waals surface area contributed by atoms with Crippen LogP contribution in [-0.2, 0) is 0 Å². The average Bonchev–Trinajstić information content (AvgIpc) is 2.56. The molecule has 0 bridgehead atoms. The van der Waals surface area contributed by atoms with Crippen LogP contribution in [0.2, 0.25) is 0 Å². The van der Waals surface area contributed by atoms with Gasteiger partial charge in [0, 0.05) is 12.1 Å². The Morgan fingerprint density at radius 2 is 2.27 bits per heavy atom. The number of nitrogens with zero attached hydrogens (tertiary/aromatic N) is 1. The van der Waals surface area contributed by atoms with Crippen LogP contribution in [0.15, 0.2) is 21.6 Å². The first-order valence-corrected chi connectivity index (χ1v) is 5.20. The molecule has 1 heterocycles. The lowest BCUT2D eigenvalue weighted by Gasteiger charge is -2.06. The molecule has 1 unspecified atom stereocenters. The molecule has 0 aromatic carbocycles. The van der Waals surface area contributed by atoms with Gasteiger partial charge < -0.3 is 10.2 Å². The van der Waals surface area contributed by atoms with Gasteiger partial charge in [-0.3, -0.25) is 4.57 Å². The SMILES string of the molecule is CCC(N)/C=C\c1coc(=O)n1C(C)C. The third kappa shape index (κ3) is 2.83. The maximum Gasteiger partial charge on any atom is 0.419 e. The van der Waals surface area contributed by atoms with E-state index in [1.54, 1.807) is 4.57 Å². The van der Waals surface area contributed by atoms with E-state index in [-0.39, 0.29) is 17.8 Å². The molecule has 0 aliphatic carbocycles. The van der Waals surface area contributed by atoms with Gasteiger partial charge in [-0.05, 0) is 26.3 Å². The number of nitrogens with two attached hydrogens (primary N) is 1. The molecule has 0 radical (unpaired) electrons. The first-order valence-electron chi connectivity index (χ1n) is 5.20. The van der Waals surface area contributed by atoms with Crippen LogP contribution < -0.4 is 11.5 Å². The molecule has 0 fully saturated rings. The Kier molecular flexibility index (Phi) is 3.91. The van der Waals surface area contributed by atoms with Crippen LogP contribution >= 0.6 is 0 Å². The van der Waals surface area contributed by atoms with E-state index in [1.807, 2.05) is 32.9 Å². The van der Waals surface area contributed by atoms with Crippen molar-refractivity contribution in [2.24, 2.45) is 5.73 Å². The molecule has 1 rings (SSSR count). The Balaban J connectivity index is 2.95. The van der Waals surface area contributed by atoms with Gasteiger partial charge in [0.2, 0.25) is 0 Å². The van der Waals surface area contributed by atoms with E-state index < -0.39 is 0 Å². The highest BCUT2D eigenvalue weighted by Gasteiger charge is 2.08. The van der Waals surface area contributed by atoms with Crippen molar-refractivity contribution in [3.8, 4) is 0 Å². The van der Waals surface area contributed by atoms with Gasteiger partial charge in [0.1, 0.15) is 6.26 Å². The molecule has 1 aromatic rings. The fraction of sp³-hybridized carbons (Fsp3) is 0.545. The minimum atomic E-state index is -0.324. The van der Waals surface area contributed by atoms with Gasteiger partial charge in [-0.1, -0.05) is 13.0 Å². The predicted octanol–water partition coefficient (Wildman–Crippen LogP) is 1.77. The first-order chi connectivity index (χ1) is 7.06. The van der Waals surface area contributed by atoms with Gasteiger partial charge in [0.05, 0.1) is 5.69 Å². The summed E-state index contributed by atoms with van der Waals surface area (Å²) in [5.41, 5.74) is 6.51. The van der Waals surface area contributed by atoms with Crippen LogP contribution in [0.4, 0.5) is 0 Å². The fourth-order valence-corrected chi connectivity index (χ4v) is 1.32. The van der Waals surface area contributed by atoms with E-state index in [0.717, 1.165) is 12.1 Å². The second-order valence-electron chi connectivity index (χ2n) is 3.82. The van der Waals surface area contributed by atoms with Crippen LogP contribution in [-0.4, -0.2) is 10.6 Å². The van der Waals surface area contributed by atoms with Crippen LogP contribution in [0.25, 0.3) is 6.08 Å². The van der Waals surface area contributed by atoms with Gasteiger partial charge in [0.15, 0.2) is 0 Å². The van der Waals surface area contributed by atoms with Crippen molar-refractivity contribution in [1.29, 1.82) is 0 Å². The molecule has 1 aromatic heterocycles. The van der Waals surface area contributed by atoms with Crippen molar-refractivity contribution in [3.63, 3.8) is 0 Å². The fourth-order valence-electron chi connectivity index (χ4n) is 1.32. The summed E-state index contributed by atoms with van der Waals surface area (Å²) in [4.78, 5) is 11.3. The average molecular weight is 210 g/mol. The summed E-state index contributed by atoms with van der Waals surface area (Å²) >= 11 is 0. The van der Waals surface area contributed by atoms with E-state index in [9.17, 15) is 4.79 Å². The maximum absolute atomic E-state index is 11.3. The predicted molar refractivity (Wildman–Crippen MR) is 60.7 cm³/mol.